The second-order valence-corrected chi connectivity index (χ2v) is 7.42. The molecule has 2 fully saturated rings. The van der Waals surface area contributed by atoms with Crippen molar-refractivity contribution in [3.05, 3.63) is 53.3 Å². The summed E-state index contributed by atoms with van der Waals surface area (Å²) in [6.07, 6.45) is 4.77. The van der Waals surface area contributed by atoms with Crippen molar-refractivity contribution in [3.63, 3.8) is 0 Å². The third-order valence-electron chi connectivity index (χ3n) is 5.02. The number of thiocarbonyl (C=S) groups is 1. The fourth-order valence-electron chi connectivity index (χ4n) is 3.52. The summed E-state index contributed by atoms with van der Waals surface area (Å²) >= 11 is 5.15. The minimum atomic E-state index is -1.13. The molecule has 0 atom stereocenters. The molecule has 2 saturated heterocycles. The fraction of sp³-hybridized carbons (Fsp3) is 0.238. The number of carboxylic acids is 1. The molecule has 0 saturated carbocycles. The molecule has 2 N–H and O–H groups in total. The quantitative estimate of drug-likeness (QED) is 0.441. The smallest absolute Gasteiger partial charge is 0.335 e. The van der Waals surface area contributed by atoms with E-state index in [2.05, 4.69) is 10.2 Å². The Kier molecular flexibility index (Phi) is 5.37. The van der Waals surface area contributed by atoms with Crippen LogP contribution in [0.4, 0.5) is 11.6 Å². The molecule has 3 heterocycles. The van der Waals surface area contributed by atoms with Crippen LogP contribution in [0.2, 0.25) is 0 Å². The van der Waals surface area contributed by atoms with E-state index in [-0.39, 0.29) is 21.9 Å². The van der Waals surface area contributed by atoms with Crippen LogP contribution in [0.5, 0.6) is 0 Å². The number of benzene rings is 1. The molecular formula is C21H19N3O5S. The maximum Gasteiger partial charge on any atom is 0.335 e. The third kappa shape index (κ3) is 3.84. The van der Waals surface area contributed by atoms with E-state index in [0.717, 1.165) is 30.8 Å². The number of amides is 2. The summed E-state index contributed by atoms with van der Waals surface area (Å²) in [5.41, 5.74) is 0.107. The number of hydrogen-bond donors (Lipinski definition) is 2. The highest BCUT2D eigenvalue weighted by molar-refractivity contribution is 7.80. The number of carboxylic acid groups (broad SMARTS) is 1. The topological polar surface area (TPSA) is 103 Å². The summed E-state index contributed by atoms with van der Waals surface area (Å²) in [4.78, 5) is 40.0. The van der Waals surface area contributed by atoms with Crippen LogP contribution in [0, 0.1) is 0 Å². The molecule has 0 aliphatic carbocycles. The Balaban J connectivity index is 1.63. The molecule has 0 bridgehead atoms. The maximum absolute atomic E-state index is 13.1. The van der Waals surface area contributed by atoms with Crippen LogP contribution in [-0.4, -0.2) is 41.1 Å². The molecular weight excluding hydrogens is 406 g/mol. The summed E-state index contributed by atoms with van der Waals surface area (Å²) in [7, 11) is 0. The summed E-state index contributed by atoms with van der Waals surface area (Å²) in [6, 6.07) is 9.31. The minimum Gasteiger partial charge on any atom is -0.478 e. The van der Waals surface area contributed by atoms with Gasteiger partial charge in [0, 0.05) is 19.2 Å². The van der Waals surface area contributed by atoms with Crippen molar-refractivity contribution in [2.75, 3.05) is 22.9 Å². The van der Waals surface area contributed by atoms with Gasteiger partial charge in [-0.2, -0.15) is 0 Å². The van der Waals surface area contributed by atoms with Crippen molar-refractivity contribution in [2.45, 2.75) is 19.3 Å². The van der Waals surface area contributed by atoms with E-state index in [1.165, 1.54) is 30.7 Å². The molecule has 1 aromatic carbocycles. The zero-order chi connectivity index (χ0) is 21.3. The van der Waals surface area contributed by atoms with E-state index in [0.29, 0.717) is 11.6 Å². The summed E-state index contributed by atoms with van der Waals surface area (Å²) < 4.78 is 5.83. The molecule has 1 aromatic heterocycles. The first kappa shape index (κ1) is 19.8. The lowest BCUT2D eigenvalue weighted by atomic mass is 10.1. The molecule has 0 spiro atoms. The molecule has 9 heteroatoms. The molecule has 2 aromatic rings. The Morgan fingerprint density at radius 2 is 1.90 bits per heavy atom. The summed E-state index contributed by atoms with van der Waals surface area (Å²) in [5.74, 6) is -1.34. The van der Waals surface area contributed by atoms with Gasteiger partial charge in [0.15, 0.2) is 11.0 Å². The number of hydrogen-bond acceptors (Lipinski definition) is 6. The average Bonchev–Trinajstić information content (AvgIpc) is 3.20. The Bertz CT molecular complexity index is 1070. The van der Waals surface area contributed by atoms with Crippen molar-refractivity contribution < 1.29 is 23.9 Å². The molecule has 4 rings (SSSR count). The van der Waals surface area contributed by atoms with Gasteiger partial charge in [0.25, 0.3) is 11.8 Å². The Morgan fingerprint density at radius 1 is 1.13 bits per heavy atom. The Labute approximate surface area is 177 Å². The highest BCUT2D eigenvalue weighted by Gasteiger charge is 2.35. The SMILES string of the molecule is O=C1NC(=S)N(c2cccc(C(=O)O)c2)C(=O)/C1=C/c1ccc(N2CCCCC2)o1. The number of carbonyl (C=O) groups excluding carboxylic acids is 2. The number of furan rings is 1. The number of nitrogens with one attached hydrogen (secondary N) is 1. The van der Waals surface area contributed by atoms with Gasteiger partial charge in [0.1, 0.15) is 11.3 Å². The second-order valence-electron chi connectivity index (χ2n) is 7.04. The predicted molar refractivity (Wildman–Crippen MR) is 114 cm³/mol. The summed E-state index contributed by atoms with van der Waals surface area (Å²) in [5, 5.41) is 11.6. The van der Waals surface area contributed by atoms with Crippen molar-refractivity contribution in [1.29, 1.82) is 0 Å². The van der Waals surface area contributed by atoms with Crippen molar-refractivity contribution in [1.82, 2.24) is 5.32 Å². The van der Waals surface area contributed by atoms with Crippen LogP contribution in [0.3, 0.4) is 0 Å². The van der Waals surface area contributed by atoms with Gasteiger partial charge in [-0.3, -0.25) is 19.8 Å². The third-order valence-corrected chi connectivity index (χ3v) is 5.30. The van der Waals surface area contributed by atoms with Crippen molar-refractivity contribution in [2.24, 2.45) is 0 Å². The van der Waals surface area contributed by atoms with E-state index in [1.54, 1.807) is 12.1 Å². The fourth-order valence-corrected chi connectivity index (χ4v) is 3.80. The maximum atomic E-state index is 13.1. The van der Waals surface area contributed by atoms with Crippen LogP contribution in [0.1, 0.15) is 35.4 Å². The van der Waals surface area contributed by atoms with Crippen molar-refractivity contribution in [3.8, 4) is 0 Å². The van der Waals surface area contributed by atoms with Gasteiger partial charge < -0.3 is 14.4 Å². The Hall–Kier alpha value is -3.46. The zero-order valence-electron chi connectivity index (χ0n) is 16.0. The lowest BCUT2D eigenvalue weighted by Crippen LogP contribution is -2.54. The van der Waals surface area contributed by atoms with E-state index in [1.807, 2.05) is 6.07 Å². The first-order valence-corrected chi connectivity index (χ1v) is 9.94. The monoisotopic (exact) mass is 425 g/mol. The number of rotatable bonds is 4. The second kappa shape index (κ2) is 8.11. The number of nitrogens with zero attached hydrogens (tertiary/aromatic N) is 2. The predicted octanol–water partition coefficient (Wildman–Crippen LogP) is 2.80. The van der Waals surface area contributed by atoms with Gasteiger partial charge in [0.05, 0.1) is 11.3 Å². The molecule has 2 amide bonds. The van der Waals surface area contributed by atoms with Gasteiger partial charge >= 0.3 is 5.97 Å². The zero-order valence-corrected chi connectivity index (χ0v) is 16.8. The van der Waals surface area contributed by atoms with Gasteiger partial charge in [-0.05, 0) is 61.8 Å². The number of carbonyl (C=O) groups is 3. The van der Waals surface area contributed by atoms with E-state index in [9.17, 15) is 19.5 Å². The molecule has 154 valence electrons. The number of aromatic carboxylic acids is 1. The average molecular weight is 425 g/mol. The normalized spacial score (nSPS) is 18.7. The molecule has 2 aliphatic heterocycles. The number of anilines is 2. The van der Waals surface area contributed by atoms with Gasteiger partial charge in [0.2, 0.25) is 0 Å². The first-order valence-electron chi connectivity index (χ1n) is 9.53. The van der Waals surface area contributed by atoms with Crippen LogP contribution in [-0.2, 0) is 9.59 Å². The van der Waals surface area contributed by atoms with Crippen LogP contribution in [0.15, 0.2) is 46.4 Å². The standard InChI is InChI=1S/C21H19N3O5S/c25-18-16(12-15-7-8-17(29-15)23-9-2-1-3-10-23)19(26)24(21(30)22-18)14-6-4-5-13(11-14)20(27)28/h4-8,11-12H,1-3,9-10H2,(H,27,28)(H,22,25,30)/b16-12+. The van der Waals surface area contributed by atoms with Crippen LogP contribution < -0.4 is 15.1 Å². The molecule has 2 aliphatic rings. The first-order chi connectivity index (χ1) is 14.4. The molecule has 0 radical (unpaired) electrons. The van der Waals surface area contributed by atoms with Gasteiger partial charge in [-0.25, -0.2) is 4.79 Å². The van der Waals surface area contributed by atoms with E-state index in [4.69, 9.17) is 16.6 Å². The highest BCUT2D eigenvalue weighted by Crippen LogP contribution is 2.26. The molecule has 0 unspecified atom stereocenters. The summed E-state index contributed by atoms with van der Waals surface area (Å²) in [6.45, 7) is 1.82. The van der Waals surface area contributed by atoms with E-state index >= 15 is 0 Å². The highest BCUT2D eigenvalue weighted by atomic mass is 32.1. The molecule has 8 nitrogen and oxygen atoms in total. The minimum absolute atomic E-state index is 0.00253. The largest absolute Gasteiger partial charge is 0.478 e. The van der Waals surface area contributed by atoms with Crippen LogP contribution in [0.25, 0.3) is 6.08 Å². The van der Waals surface area contributed by atoms with Gasteiger partial charge in [-0.1, -0.05) is 6.07 Å². The lowest BCUT2D eigenvalue weighted by molar-refractivity contribution is -0.122. The van der Waals surface area contributed by atoms with Crippen LogP contribution >= 0.6 is 12.2 Å². The van der Waals surface area contributed by atoms with E-state index < -0.39 is 17.8 Å². The Morgan fingerprint density at radius 3 is 2.63 bits per heavy atom. The van der Waals surface area contributed by atoms with Gasteiger partial charge in [-0.15, -0.1) is 0 Å². The number of piperidine rings is 1. The molecule has 30 heavy (non-hydrogen) atoms. The van der Waals surface area contributed by atoms with Crippen molar-refractivity contribution >= 4 is 52.8 Å². The lowest BCUT2D eigenvalue weighted by Gasteiger charge is -2.29.